The fraction of sp³-hybridized carbons (Fsp3) is 0.812. The molecule has 0 aromatic heterocycles. The molecule has 0 aliphatic carbocycles. The number of ether oxygens (including phenoxy) is 2. The monoisotopic (exact) mass is 425 g/mol. The Balaban J connectivity index is 0.00000441. The molecule has 130 valence electrons. The molecule has 1 heterocycles. The van der Waals surface area contributed by atoms with E-state index < -0.39 is 0 Å². The Morgan fingerprint density at radius 1 is 1.41 bits per heavy atom. The van der Waals surface area contributed by atoms with Gasteiger partial charge in [0, 0.05) is 27.2 Å². The van der Waals surface area contributed by atoms with Gasteiger partial charge in [0.25, 0.3) is 0 Å². The highest BCUT2D eigenvalue weighted by Crippen LogP contribution is 2.20. The molecule has 0 saturated carbocycles. The van der Waals surface area contributed by atoms with Crippen LogP contribution >= 0.6 is 24.0 Å². The lowest BCUT2D eigenvalue weighted by atomic mass is 9.89. The lowest BCUT2D eigenvalue weighted by Crippen LogP contribution is -2.45. The molecule has 0 spiro atoms. The van der Waals surface area contributed by atoms with Crippen molar-refractivity contribution in [2.75, 3.05) is 40.5 Å². The summed E-state index contributed by atoms with van der Waals surface area (Å²) in [5.74, 6) is 0.828. The van der Waals surface area contributed by atoms with Gasteiger partial charge in [0.15, 0.2) is 5.96 Å². The summed E-state index contributed by atoms with van der Waals surface area (Å²) >= 11 is 0. The molecule has 6 heteroatoms. The first-order valence-corrected chi connectivity index (χ1v) is 7.70. The zero-order valence-corrected chi connectivity index (χ0v) is 16.9. The molecule has 1 rings (SSSR count). The minimum atomic E-state index is 0. The van der Waals surface area contributed by atoms with E-state index >= 15 is 0 Å². The summed E-state index contributed by atoms with van der Waals surface area (Å²) in [6.07, 6.45) is 4.41. The molecular weight excluding hydrogens is 393 g/mol. The minimum absolute atomic E-state index is 0. The normalized spacial score (nSPS) is 17.3. The first-order valence-electron chi connectivity index (χ1n) is 7.70. The Morgan fingerprint density at radius 2 is 2.14 bits per heavy atom. The molecule has 0 aromatic rings. The summed E-state index contributed by atoms with van der Waals surface area (Å²) in [7, 11) is 3.55. The highest BCUT2D eigenvalue weighted by molar-refractivity contribution is 14.0. The van der Waals surface area contributed by atoms with Gasteiger partial charge in [0.2, 0.25) is 0 Å². The van der Waals surface area contributed by atoms with Crippen LogP contribution in [-0.4, -0.2) is 52.5 Å². The summed E-state index contributed by atoms with van der Waals surface area (Å²) in [6.45, 7) is 9.77. The maximum Gasteiger partial charge on any atom is 0.191 e. The van der Waals surface area contributed by atoms with E-state index in [2.05, 4.69) is 42.5 Å². The highest BCUT2D eigenvalue weighted by atomic mass is 127. The molecule has 0 radical (unpaired) electrons. The fourth-order valence-corrected chi connectivity index (χ4v) is 2.29. The highest BCUT2D eigenvalue weighted by Gasteiger charge is 2.24. The standard InChI is InChI=1S/C16H31N3O2.HI/c1-16(2,3)14(20-5)12-19-15(17-4)18-9-6-13-7-10-21-11-8-13;/h7,14H,6,8-12H2,1-5H3,(H2,17,18,19);1H. The first kappa shape index (κ1) is 21.7. The van der Waals surface area contributed by atoms with Gasteiger partial charge in [-0.15, -0.1) is 24.0 Å². The van der Waals surface area contributed by atoms with Gasteiger partial charge in [-0.2, -0.15) is 0 Å². The number of nitrogens with one attached hydrogen (secondary N) is 2. The molecular formula is C16H32IN3O2. The number of rotatable bonds is 6. The smallest absolute Gasteiger partial charge is 0.191 e. The van der Waals surface area contributed by atoms with Crippen molar-refractivity contribution in [3.05, 3.63) is 11.6 Å². The van der Waals surface area contributed by atoms with Gasteiger partial charge in [0.1, 0.15) is 0 Å². The topological polar surface area (TPSA) is 54.9 Å². The van der Waals surface area contributed by atoms with Crippen molar-refractivity contribution in [1.82, 2.24) is 10.6 Å². The number of guanidine groups is 1. The van der Waals surface area contributed by atoms with E-state index in [1.807, 2.05) is 0 Å². The van der Waals surface area contributed by atoms with E-state index in [1.54, 1.807) is 14.2 Å². The summed E-state index contributed by atoms with van der Waals surface area (Å²) in [4.78, 5) is 4.25. The predicted octanol–water partition coefficient (Wildman–Crippen LogP) is 2.57. The lowest BCUT2D eigenvalue weighted by Gasteiger charge is -2.30. The van der Waals surface area contributed by atoms with Crippen molar-refractivity contribution in [2.45, 2.75) is 39.7 Å². The van der Waals surface area contributed by atoms with Crippen molar-refractivity contribution in [2.24, 2.45) is 10.4 Å². The van der Waals surface area contributed by atoms with Crippen LogP contribution in [0.3, 0.4) is 0 Å². The van der Waals surface area contributed by atoms with Crippen molar-refractivity contribution in [3.8, 4) is 0 Å². The van der Waals surface area contributed by atoms with E-state index in [1.165, 1.54) is 5.57 Å². The Labute approximate surface area is 152 Å². The third kappa shape index (κ3) is 8.33. The molecule has 0 saturated heterocycles. The second-order valence-corrected chi connectivity index (χ2v) is 6.41. The second kappa shape index (κ2) is 11.2. The second-order valence-electron chi connectivity index (χ2n) is 6.41. The van der Waals surface area contributed by atoms with Crippen LogP contribution in [0.5, 0.6) is 0 Å². The number of aliphatic imine (C=N–C) groups is 1. The molecule has 0 fully saturated rings. The molecule has 0 aromatic carbocycles. The van der Waals surface area contributed by atoms with Crippen LogP contribution in [0.15, 0.2) is 16.6 Å². The van der Waals surface area contributed by atoms with E-state index in [-0.39, 0.29) is 35.5 Å². The maximum atomic E-state index is 5.54. The van der Waals surface area contributed by atoms with Crippen LogP contribution in [0.2, 0.25) is 0 Å². The Bertz CT molecular complexity index is 365. The molecule has 1 unspecified atom stereocenters. The van der Waals surface area contributed by atoms with Gasteiger partial charge in [0.05, 0.1) is 19.3 Å². The van der Waals surface area contributed by atoms with Crippen LogP contribution in [-0.2, 0) is 9.47 Å². The Morgan fingerprint density at radius 3 is 2.64 bits per heavy atom. The van der Waals surface area contributed by atoms with E-state index in [0.29, 0.717) is 0 Å². The first-order chi connectivity index (χ1) is 9.97. The Hall–Kier alpha value is -0.340. The van der Waals surface area contributed by atoms with E-state index in [0.717, 1.165) is 45.1 Å². The summed E-state index contributed by atoms with van der Waals surface area (Å²) in [5.41, 5.74) is 1.57. The SMILES string of the molecule is CN=C(NCCC1=CCOCC1)NCC(OC)C(C)(C)C.I. The average molecular weight is 425 g/mol. The Kier molecular flexibility index (Phi) is 11.1. The minimum Gasteiger partial charge on any atom is -0.379 e. The van der Waals surface area contributed by atoms with Gasteiger partial charge < -0.3 is 20.1 Å². The fourth-order valence-electron chi connectivity index (χ4n) is 2.29. The van der Waals surface area contributed by atoms with Crippen molar-refractivity contribution < 1.29 is 9.47 Å². The third-order valence-corrected chi connectivity index (χ3v) is 3.72. The molecule has 22 heavy (non-hydrogen) atoms. The van der Waals surface area contributed by atoms with Crippen molar-refractivity contribution in [3.63, 3.8) is 0 Å². The van der Waals surface area contributed by atoms with Gasteiger partial charge in [-0.3, -0.25) is 4.99 Å². The largest absolute Gasteiger partial charge is 0.379 e. The average Bonchev–Trinajstić information content (AvgIpc) is 2.45. The zero-order chi connectivity index (χ0) is 15.7. The molecule has 1 aliphatic rings. The molecule has 1 aliphatic heterocycles. The predicted molar refractivity (Wildman–Crippen MR) is 103 cm³/mol. The van der Waals surface area contributed by atoms with Crippen LogP contribution in [0.25, 0.3) is 0 Å². The van der Waals surface area contributed by atoms with Crippen LogP contribution < -0.4 is 10.6 Å². The molecule has 5 nitrogen and oxygen atoms in total. The number of methoxy groups -OCH3 is 1. The van der Waals surface area contributed by atoms with Crippen molar-refractivity contribution in [1.29, 1.82) is 0 Å². The summed E-state index contributed by atoms with van der Waals surface area (Å²) in [5, 5.41) is 6.68. The molecule has 2 N–H and O–H groups in total. The van der Waals surface area contributed by atoms with Gasteiger partial charge in [-0.1, -0.05) is 32.4 Å². The van der Waals surface area contributed by atoms with Gasteiger partial charge in [-0.25, -0.2) is 0 Å². The molecule has 0 bridgehead atoms. The van der Waals surface area contributed by atoms with Gasteiger partial charge in [-0.05, 0) is 18.3 Å². The van der Waals surface area contributed by atoms with Gasteiger partial charge >= 0.3 is 0 Å². The van der Waals surface area contributed by atoms with Crippen LogP contribution in [0.4, 0.5) is 0 Å². The molecule has 1 atom stereocenters. The number of hydrogen-bond acceptors (Lipinski definition) is 3. The molecule has 0 amide bonds. The summed E-state index contributed by atoms with van der Waals surface area (Å²) < 4.78 is 10.9. The maximum absolute atomic E-state index is 5.54. The summed E-state index contributed by atoms with van der Waals surface area (Å²) in [6, 6.07) is 0. The van der Waals surface area contributed by atoms with E-state index in [9.17, 15) is 0 Å². The quantitative estimate of drug-likeness (QED) is 0.297. The lowest BCUT2D eigenvalue weighted by molar-refractivity contribution is 0.0205. The third-order valence-electron chi connectivity index (χ3n) is 3.72. The number of hydrogen-bond donors (Lipinski definition) is 2. The van der Waals surface area contributed by atoms with E-state index in [4.69, 9.17) is 9.47 Å². The zero-order valence-electron chi connectivity index (χ0n) is 14.6. The van der Waals surface area contributed by atoms with Crippen LogP contribution in [0, 0.1) is 5.41 Å². The van der Waals surface area contributed by atoms with Crippen molar-refractivity contribution >= 4 is 29.9 Å². The number of nitrogens with zero attached hydrogens (tertiary/aromatic N) is 1. The van der Waals surface area contributed by atoms with Crippen LogP contribution in [0.1, 0.15) is 33.6 Å². The number of halogens is 1.